The van der Waals surface area contributed by atoms with Gasteiger partial charge < -0.3 is 19.0 Å². The van der Waals surface area contributed by atoms with Crippen LogP contribution >= 0.6 is 0 Å². The highest BCUT2D eigenvalue weighted by atomic mass is 16.5. The fourth-order valence-corrected chi connectivity index (χ4v) is 3.47. The first-order valence-corrected chi connectivity index (χ1v) is 10.9. The molecule has 5 nitrogen and oxygen atoms in total. The Hall–Kier alpha value is -2.76. The lowest BCUT2D eigenvalue weighted by molar-refractivity contribution is 0.0601. The number of aliphatic hydroxyl groups excluding tert-OH is 1. The van der Waals surface area contributed by atoms with Crippen molar-refractivity contribution in [1.82, 2.24) is 4.90 Å². The lowest BCUT2D eigenvalue weighted by Gasteiger charge is -2.25. The molecular formula is C26H33NO4. The lowest BCUT2D eigenvalue weighted by atomic mass is 10.0. The molecule has 1 atom stereocenters. The van der Waals surface area contributed by atoms with Crippen LogP contribution in [0.4, 0.5) is 0 Å². The molecule has 0 aliphatic heterocycles. The largest absolute Gasteiger partial charge is 0.494 e. The van der Waals surface area contributed by atoms with Crippen LogP contribution in [0.2, 0.25) is 0 Å². The van der Waals surface area contributed by atoms with Crippen molar-refractivity contribution in [2.24, 2.45) is 0 Å². The summed E-state index contributed by atoms with van der Waals surface area (Å²) in [5.74, 6) is 2.97. The van der Waals surface area contributed by atoms with E-state index in [0.717, 1.165) is 22.8 Å². The summed E-state index contributed by atoms with van der Waals surface area (Å²) < 4.78 is 17.1. The smallest absolute Gasteiger partial charge is 0.123 e. The highest BCUT2D eigenvalue weighted by Crippen LogP contribution is 2.22. The van der Waals surface area contributed by atoms with Gasteiger partial charge in [-0.1, -0.05) is 44.2 Å². The van der Waals surface area contributed by atoms with Crippen LogP contribution in [0.25, 0.3) is 0 Å². The predicted octanol–water partition coefficient (Wildman–Crippen LogP) is 5.24. The van der Waals surface area contributed by atoms with Crippen LogP contribution < -0.4 is 9.47 Å². The molecule has 1 aromatic heterocycles. The first-order valence-electron chi connectivity index (χ1n) is 10.9. The molecule has 0 bridgehead atoms. The Bertz CT molecular complexity index is 890. The van der Waals surface area contributed by atoms with Crippen molar-refractivity contribution in [3.05, 3.63) is 83.8 Å². The van der Waals surface area contributed by atoms with Crippen LogP contribution in [-0.4, -0.2) is 35.9 Å². The molecule has 5 heteroatoms. The minimum absolute atomic E-state index is 0.225. The highest BCUT2D eigenvalue weighted by molar-refractivity contribution is 5.33. The average molecular weight is 424 g/mol. The van der Waals surface area contributed by atoms with E-state index in [0.29, 0.717) is 32.2 Å². The van der Waals surface area contributed by atoms with Crippen molar-refractivity contribution in [1.29, 1.82) is 0 Å². The fourth-order valence-electron chi connectivity index (χ4n) is 3.47. The van der Waals surface area contributed by atoms with E-state index in [1.807, 2.05) is 49.4 Å². The van der Waals surface area contributed by atoms with Gasteiger partial charge >= 0.3 is 0 Å². The molecule has 0 spiro atoms. The van der Waals surface area contributed by atoms with Crippen molar-refractivity contribution in [3.8, 4) is 11.5 Å². The maximum atomic E-state index is 10.7. The van der Waals surface area contributed by atoms with Crippen LogP contribution in [0.1, 0.15) is 43.6 Å². The molecule has 2 aromatic carbocycles. The minimum atomic E-state index is -0.640. The maximum absolute atomic E-state index is 10.7. The van der Waals surface area contributed by atoms with Gasteiger partial charge in [-0.15, -0.1) is 0 Å². The molecule has 166 valence electrons. The standard InChI is InChI=1S/C26H33NO4/c1-4-29-26-10-6-5-8-22(26)16-27(18-25-9-7-15-30-25)17-23(28)19-31-24-13-11-21(12-14-24)20(2)3/h5-15,20,23,28H,4,16-19H2,1-3H3. The van der Waals surface area contributed by atoms with E-state index in [1.165, 1.54) is 5.56 Å². The Morgan fingerprint density at radius 2 is 1.71 bits per heavy atom. The Kier molecular flexibility index (Phi) is 8.56. The quantitative estimate of drug-likeness (QED) is 0.432. The van der Waals surface area contributed by atoms with E-state index in [9.17, 15) is 5.11 Å². The van der Waals surface area contributed by atoms with Crippen molar-refractivity contribution in [2.75, 3.05) is 19.8 Å². The zero-order chi connectivity index (χ0) is 22.1. The second-order valence-corrected chi connectivity index (χ2v) is 7.98. The minimum Gasteiger partial charge on any atom is -0.494 e. The lowest BCUT2D eigenvalue weighted by Crippen LogP contribution is -2.35. The van der Waals surface area contributed by atoms with Gasteiger partial charge in [0.25, 0.3) is 0 Å². The van der Waals surface area contributed by atoms with Gasteiger partial charge in [0.05, 0.1) is 19.4 Å². The number of hydrogen-bond acceptors (Lipinski definition) is 5. The molecule has 0 amide bonds. The molecule has 3 rings (SSSR count). The van der Waals surface area contributed by atoms with E-state index in [-0.39, 0.29) is 6.61 Å². The van der Waals surface area contributed by atoms with E-state index in [1.54, 1.807) is 6.26 Å². The molecule has 1 unspecified atom stereocenters. The summed E-state index contributed by atoms with van der Waals surface area (Å²) in [7, 11) is 0. The van der Waals surface area contributed by atoms with Crippen LogP contribution in [0, 0.1) is 0 Å². The van der Waals surface area contributed by atoms with E-state index >= 15 is 0 Å². The average Bonchev–Trinajstić information content (AvgIpc) is 3.27. The van der Waals surface area contributed by atoms with E-state index < -0.39 is 6.10 Å². The summed E-state index contributed by atoms with van der Waals surface area (Å²) >= 11 is 0. The molecule has 3 aromatic rings. The zero-order valence-corrected chi connectivity index (χ0v) is 18.7. The maximum Gasteiger partial charge on any atom is 0.123 e. The number of para-hydroxylation sites is 1. The molecule has 0 radical (unpaired) electrons. The van der Waals surface area contributed by atoms with Gasteiger partial charge in [-0.3, -0.25) is 4.90 Å². The summed E-state index contributed by atoms with van der Waals surface area (Å²) in [6.07, 6.45) is 1.03. The number of nitrogens with zero attached hydrogens (tertiary/aromatic N) is 1. The van der Waals surface area contributed by atoms with E-state index in [4.69, 9.17) is 13.9 Å². The topological polar surface area (TPSA) is 55.1 Å². The Balaban J connectivity index is 1.62. The Morgan fingerprint density at radius 3 is 2.39 bits per heavy atom. The van der Waals surface area contributed by atoms with Crippen LogP contribution in [0.15, 0.2) is 71.3 Å². The second kappa shape index (κ2) is 11.6. The molecule has 0 saturated heterocycles. The van der Waals surface area contributed by atoms with Gasteiger partial charge in [0.15, 0.2) is 0 Å². The first-order chi connectivity index (χ1) is 15.0. The molecule has 31 heavy (non-hydrogen) atoms. The van der Waals surface area contributed by atoms with Crippen molar-refractivity contribution in [3.63, 3.8) is 0 Å². The monoisotopic (exact) mass is 423 g/mol. The third kappa shape index (κ3) is 7.16. The van der Waals surface area contributed by atoms with Crippen LogP contribution in [0.3, 0.4) is 0 Å². The van der Waals surface area contributed by atoms with Crippen LogP contribution in [0.5, 0.6) is 11.5 Å². The van der Waals surface area contributed by atoms with Crippen molar-refractivity contribution < 1.29 is 19.0 Å². The van der Waals surface area contributed by atoms with Gasteiger partial charge in [-0.2, -0.15) is 0 Å². The number of aliphatic hydroxyl groups is 1. The number of furan rings is 1. The fraction of sp³-hybridized carbons (Fsp3) is 0.385. The Morgan fingerprint density at radius 1 is 0.935 bits per heavy atom. The van der Waals surface area contributed by atoms with Crippen LogP contribution in [-0.2, 0) is 13.1 Å². The highest BCUT2D eigenvalue weighted by Gasteiger charge is 2.17. The number of ether oxygens (including phenoxy) is 2. The van der Waals surface area contributed by atoms with Crippen molar-refractivity contribution in [2.45, 2.75) is 45.9 Å². The molecular weight excluding hydrogens is 390 g/mol. The number of hydrogen-bond donors (Lipinski definition) is 1. The molecule has 1 N–H and O–H groups in total. The summed E-state index contributed by atoms with van der Waals surface area (Å²) in [6.45, 7) is 8.82. The third-order valence-electron chi connectivity index (χ3n) is 5.08. The SMILES string of the molecule is CCOc1ccccc1CN(Cc1ccco1)CC(O)COc1ccc(C(C)C)cc1. The van der Waals surface area contributed by atoms with Gasteiger partial charge in [-0.25, -0.2) is 0 Å². The molecule has 0 fully saturated rings. The number of benzene rings is 2. The normalized spacial score (nSPS) is 12.3. The third-order valence-corrected chi connectivity index (χ3v) is 5.08. The van der Waals surface area contributed by atoms with Crippen molar-refractivity contribution >= 4 is 0 Å². The summed E-state index contributed by atoms with van der Waals surface area (Å²) in [4.78, 5) is 2.15. The predicted molar refractivity (Wildman–Crippen MR) is 122 cm³/mol. The van der Waals surface area contributed by atoms with Gasteiger partial charge in [-0.05, 0) is 48.7 Å². The van der Waals surface area contributed by atoms with Gasteiger partial charge in [0, 0.05) is 18.7 Å². The summed E-state index contributed by atoms with van der Waals surface area (Å²) in [5, 5.41) is 10.7. The molecule has 1 heterocycles. The molecule has 0 aliphatic carbocycles. The summed E-state index contributed by atoms with van der Waals surface area (Å²) in [5.41, 5.74) is 2.35. The second-order valence-electron chi connectivity index (χ2n) is 7.98. The van der Waals surface area contributed by atoms with Gasteiger partial charge in [0.2, 0.25) is 0 Å². The molecule has 0 saturated carbocycles. The van der Waals surface area contributed by atoms with Gasteiger partial charge in [0.1, 0.15) is 30.0 Å². The Labute approximate surface area is 185 Å². The summed E-state index contributed by atoms with van der Waals surface area (Å²) in [6, 6.07) is 19.9. The zero-order valence-electron chi connectivity index (χ0n) is 18.7. The molecule has 0 aliphatic rings. The first kappa shape index (κ1) is 22.9. The number of rotatable bonds is 12. The van der Waals surface area contributed by atoms with E-state index in [2.05, 4.69) is 36.9 Å².